The van der Waals surface area contributed by atoms with Crippen LogP contribution in [0.25, 0.3) is 44.5 Å². The average molecular weight is 1650 g/mol. The van der Waals surface area contributed by atoms with Crippen molar-refractivity contribution in [2.75, 3.05) is 13.2 Å². The van der Waals surface area contributed by atoms with Crippen LogP contribution in [0.3, 0.4) is 0 Å². The number of benzene rings is 7. The summed E-state index contributed by atoms with van der Waals surface area (Å²) in [5, 5.41) is 2.05. The molecule has 114 heavy (non-hydrogen) atoms. The summed E-state index contributed by atoms with van der Waals surface area (Å²) in [5.41, 5.74) is 28.3. The fraction of sp³-hybridized carbons (Fsp3) is 0.566. The van der Waals surface area contributed by atoms with Crippen molar-refractivity contribution in [2.45, 2.75) is 379 Å². The van der Waals surface area contributed by atoms with Crippen molar-refractivity contribution in [1.29, 1.82) is 0 Å². The molecule has 7 rings (SSSR count). The Morgan fingerprint density at radius 1 is 0.246 bits per heavy atom. The smallest absolute Gasteiger partial charge is 0.308 e. The molecule has 0 saturated heterocycles. The molecular weight excluding hydrogens is 1500 g/mol. The van der Waals surface area contributed by atoms with E-state index >= 15 is 0 Å². The number of unbranched alkanes of at least 4 members (excludes halogenated alkanes) is 18. The summed E-state index contributed by atoms with van der Waals surface area (Å²) < 4.78 is 14.5. The Morgan fingerprint density at radius 2 is 0.439 bits per heavy atom. The van der Waals surface area contributed by atoms with E-state index in [0.717, 1.165) is 80.6 Å². The lowest BCUT2D eigenvalue weighted by molar-refractivity contribution is 0.295. The van der Waals surface area contributed by atoms with Gasteiger partial charge in [0.25, 0.3) is 0 Å². The highest BCUT2D eigenvalue weighted by Crippen LogP contribution is 2.48. The van der Waals surface area contributed by atoms with Crippen LogP contribution in [0.2, 0.25) is 0 Å². The zero-order valence-electron chi connectivity index (χ0n) is 75.9. The van der Waals surface area contributed by atoms with Gasteiger partial charge in [-0.25, -0.2) is 0 Å². The number of rotatable bonds is 42. The second-order valence-electron chi connectivity index (χ2n) is 37.0. The van der Waals surface area contributed by atoms with E-state index in [0.29, 0.717) is 48.4 Å². The lowest BCUT2D eigenvalue weighted by Crippen LogP contribution is -2.26. The molecule has 0 fully saturated rings. The monoisotopic (exact) mass is 1650 g/mol. The van der Waals surface area contributed by atoms with Crippen molar-refractivity contribution < 1.29 is 9.47 Å². The van der Waals surface area contributed by atoms with Crippen LogP contribution in [0.15, 0.2) is 84.9 Å². The highest BCUT2D eigenvalue weighted by molar-refractivity contribution is 7.40. The van der Waals surface area contributed by atoms with Crippen molar-refractivity contribution in [3.05, 3.63) is 174 Å². The molecule has 0 aliphatic heterocycles. The summed E-state index contributed by atoms with van der Waals surface area (Å²) in [4.78, 5) is 0. The minimum Gasteiger partial charge on any atom is -0.492 e. The minimum atomic E-state index is -2.19. The van der Waals surface area contributed by atoms with Gasteiger partial charge in [0.15, 0.2) is 0 Å². The lowest BCUT2D eigenvalue weighted by atomic mass is 9.78. The Bertz CT molecular complexity index is 3790. The van der Waals surface area contributed by atoms with Gasteiger partial charge in [-0.15, -0.1) is 44.3 Å². The molecule has 0 saturated carbocycles. The van der Waals surface area contributed by atoms with E-state index in [1.807, 2.05) is 0 Å². The van der Waals surface area contributed by atoms with Gasteiger partial charge < -0.3 is 9.47 Å². The molecule has 7 aromatic carbocycles. The van der Waals surface area contributed by atoms with Crippen molar-refractivity contribution in [2.24, 2.45) is 0 Å². The van der Waals surface area contributed by atoms with Gasteiger partial charge in [-0.05, 0) is 230 Å². The molecule has 2 nitrogen and oxygen atoms in total. The standard InChI is InChI=1S/C106H148Cl4O2Si2/c1-27-29-31-33-35-37-39-41-43-45-51-111-99-65-82(50-48-80-55-97(103-91(75(19)20)61-85(69(7)8)62-92(103)76(21)22)106(114(109)110)98(56-80)104-93(77(23)24)63-86(70(9)10)64-94(104)78(25)26)100(112-52-46-44-42-40-38-36-34-32-30-28-2)66-81(99)49-47-79-53-95(101-87(71(11)12)57-83(67(3)4)58-88(101)72(13)14)105(113(107)108)96(54-79)102-89(73(15)16)59-84(68(5)6)60-90(102)74(17)18/h53-78H,27-46,51-52H2,1-26H3. The Kier molecular flexibility index (Phi) is 39.1. The topological polar surface area (TPSA) is 18.5 Å². The maximum atomic E-state index is 7.74. The third kappa shape index (κ3) is 25.9. The first-order valence-corrected chi connectivity index (χ1v) is 52.1. The fourth-order valence-corrected chi connectivity index (χ4v) is 20.6. The van der Waals surface area contributed by atoms with E-state index in [2.05, 4.69) is 289 Å². The molecule has 0 unspecified atom stereocenters. The Morgan fingerprint density at radius 3 is 0.614 bits per heavy atom. The van der Waals surface area contributed by atoms with Gasteiger partial charge in [0.2, 0.25) is 0 Å². The van der Waals surface area contributed by atoms with Gasteiger partial charge in [-0.2, -0.15) is 0 Å². The molecule has 0 aliphatic carbocycles. The molecular formula is C106H148Cl4O2Si2. The van der Waals surface area contributed by atoms with Gasteiger partial charge >= 0.3 is 14.8 Å². The third-order valence-corrected chi connectivity index (χ3v) is 27.6. The van der Waals surface area contributed by atoms with Gasteiger partial charge in [0.1, 0.15) is 11.5 Å². The van der Waals surface area contributed by atoms with Gasteiger partial charge in [0, 0.05) is 23.3 Å². The molecule has 0 aliphatic rings. The predicted octanol–water partition coefficient (Wildman–Crippen LogP) is 33.6. The Balaban J connectivity index is 1.62. The molecule has 8 heteroatoms. The largest absolute Gasteiger partial charge is 0.492 e. The zero-order chi connectivity index (χ0) is 83.9. The van der Waals surface area contributed by atoms with E-state index < -0.39 is 14.8 Å². The van der Waals surface area contributed by atoms with E-state index in [4.69, 9.17) is 53.8 Å². The number of ether oxygens (including phenoxy) is 2. The second-order valence-corrected chi connectivity index (χ2v) is 44.7. The summed E-state index contributed by atoms with van der Waals surface area (Å²) in [6.45, 7) is 61.5. The molecule has 2 radical (unpaired) electrons. The molecule has 0 atom stereocenters. The Hall–Kier alpha value is -5.15. The minimum absolute atomic E-state index is 0.213. The van der Waals surface area contributed by atoms with E-state index in [1.54, 1.807) is 0 Å². The fourth-order valence-electron chi connectivity index (χ4n) is 16.5. The van der Waals surface area contributed by atoms with Gasteiger partial charge in [-0.1, -0.05) is 368 Å². The number of hydrogen-bond donors (Lipinski definition) is 0. The summed E-state index contributed by atoms with van der Waals surface area (Å²) in [6.07, 6.45) is 24.6. The van der Waals surface area contributed by atoms with Gasteiger partial charge in [-0.3, -0.25) is 0 Å². The lowest BCUT2D eigenvalue weighted by Gasteiger charge is -2.28. The van der Waals surface area contributed by atoms with Crippen LogP contribution in [0.5, 0.6) is 11.5 Å². The third-order valence-electron chi connectivity index (χ3n) is 23.5. The van der Waals surface area contributed by atoms with Crippen molar-refractivity contribution in [1.82, 2.24) is 0 Å². The molecule has 0 N–H and O–H groups in total. The predicted molar refractivity (Wildman–Crippen MR) is 511 cm³/mol. The van der Waals surface area contributed by atoms with Crippen LogP contribution >= 0.6 is 44.3 Å². The van der Waals surface area contributed by atoms with Crippen LogP contribution in [0.1, 0.15) is 468 Å². The molecule has 0 aromatic heterocycles. The first-order chi connectivity index (χ1) is 54.1. The molecule has 0 bridgehead atoms. The van der Waals surface area contributed by atoms with Crippen LogP contribution in [-0.2, 0) is 0 Å². The van der Waals surface area contributed by atoms with Crippen molar-refractivity contribution in [3.8, 4) is 79.7 Å². The van der Waals surface area contributed by atoms with Crippen molar-refractivity contribution >= 4 is 69.5 Å². The van der Waals surface area contributed by atoms with Crippen LogP contribution in [-0.4, -0.2) is 28.0 Å². The van der Waals surface area contributed by atoms with E-state index in [-0.39, 0.29) is 47.3 Å². The molecule has 0 spiro atoms. The maximum absolute atomic E-state index is 7.74. The number of halogens is 4. The van der Waals surface area contributed by atoms with Crippen LogP contribution < -0.4 is 19.8 Å². The molecule has 0 heterocycles. The molecule has 0 amide bonds. The maximum Gasteiger partial charge on any atom is 0.308 e. The highest BCUT2D eigenvalue weighted by atomic mass is 35.7. The number of hydrogen-bond acceptors (Lipinski definition) is 2. The SMILES string of the molecule is CCCCCCCCCCCCOc1cc(C#Cc2cc(-c3c(C(C)C)cc(C(C)C)cc3C(C)C)c([Si](Cl)Cl)c(-c3c(C(C)C)cc(C(C)C)cc3C(C)C)c2)c(OCCCCCCCCCCCC)cc1C#Cc1cc(-c2c(C(C)C)cc(C(C)C)cc2C(C)C)c([Si](Cl)Cl)c(-c2c(C(C)C)cc(C(C)C)cc2C(C)C)c1. The van der Waals surface area contributed by atoms with Crippen LogP contribution in [0, 0.1) is 23.7 Å². The summed E-state index contributed by atoms with van der Waals surface area (Å²) in [5.74, 6) is 20.1. The normalized spacial score (nSPS) is 12.1. The Labute approximate surface area is 719 Å². The average Bonchev–Trinajstić information content (AvgIpc) is 0.744. The first kappa shape index (κ1) is 96.0. The van der Waals surface area contributed by atoms with E-state index in [9.17, 15) is 0 Å². The summed E-state index contributed by atoms with van der Waals surface area (Å²) in [6, 6.07) is 33.3. The quantitative estimate of drug-likeness (QED) is 0.0164. The van der Waals surface area contributed by atoms with Crippen LogP contribution in [0.4, 0.5) is 0 Å². The summed E-state index contributed by atoms with van der Waals surface area (Å²) >= 11 is 31.0. The first-order valence-electron chi connectivity index (χ1n) is 45.1. The highest BCUT2D eigenvalue weighted by Gasteiger charge is 2.33. The van der Waals surface area contributed by atoms with Gasteiger partial charge in [0.05, 0.1) is 24.3 Å². The van der Waals surface area contributed by atoms with E-state index in [1.165, 1.54) is 192 Å². The molecule has 620 valence electrons. The zero-order valence-corrected chi connectivity index (χ0v) is 80.9. The van der Waals surface area contributed by atoms with Crippen molar-refractivity contribution in [3.63, 3.8) is 0 Å². The second kappa shape index (κ2) is 46.4. The molecule has 7 aromatic rings. The summed E-state index contributed by atoms with van der Waals surface area (Å²) in [7, 11) is -4.38.